The van der Waals surface area contributed by atoms with E-state index in [0.717, 1.165) is 53.8 Å². The molecule has 1 fully saturated rings. The van der Waals surface area contributed by atoms with E-state index in [0.29, 0.717) is 29.5 Å². The van der Waals surface area contributed by atoms with Gasteiger partial charge in [-0.05, 0) is 135 Å². The number of Topliss-reactive ketones (excluding diaryl/α,β-unsaturated/α-hetero) is 1. The highest BCUT2D eigenvalue weighted by atomic mass is 16.1. The summed E-state index contributed by atoms with van der Waals surface area (Å²) >= 11 is 0. The van der Waals surface area contributed by atoms with Gasteiger partial charge in [0.2, 0.25) is 0 Å². The van der Waals surface area contributed by atoms with E-state index in [1.54, 1.807) is 0 Å². The topological polar surface area (TPSA) is 63.9 Å². The highest BCUT2D eigenvalue weighted by Crippen LogP contribution is 2.29. The Morgan fingerprint density at radius 3 is 1.19 bits per heavy atom. The SMILES string of the molecule is CCN(c1ccc(N=C2CC(=O)C(=Nc3ccc(N(CC)C(C)C)cc3)C(C)C2=Nc2ccc(N(CC)C(C)C)cc2)cc1)C(C)C. The second-order valence-corrected chi connectivity index (χ2v) is 13.1. The molecule has 1 aliphatic carbocycles. The molecule has 1 unspecified atom stereocenters. The highest BCUT2D eigenvalue weighted by molar-refractivity contribution is 6.63. The number of hydrogen-bond donors (Lipinski definition) is 0. The van der Waals surface area contributed by atoms with E-state index in [1.807, 2.05) is 31.2 Å². The van der Waals surface area contributed by atoms with Gasteiger partial charge in [0.15, 0.2) is 5.78 Å². The van der Waals surface area contributed by atoms with E-state index in [1.165, 1.54) is 5.69 Å². The van der Waals surface area contributed by atoms with Crippen molar-refractivity contribution in [2.45, 2.75) is 93.8 Å². The Hall–Kier alpha value is -4.26. The third-order valence-electron chi connectivity index (χ3n) is 8.93. The van der Waals surface area contributed by atoms with E-state index >= 15 is 0 Å². The molecule has 3 aromatic rings. The van der Waals surface area contributed by atoms with Crippen LogP contribution in [0.1, 0.15) is 75.7 Å². The molecule has 7 nitrogen and oxygen atoms in total. The molecule has 0 spiro atoms. The minimum atomic E-state index is -0.323. The molecule has 0 saturated heterocycles. The number of aliphatic imine (C=N–C) groups is 3. The van der Waals surface area contributed by atoms with Crippen molar-refractivity contribution in [3.05, 3.63) is 72.8 Å². The lowest BCUT2D eigenvalue weighted by Gasteiger charge is -2.28. The van der Waals surface area contributed by atoms with E-state index in [9.17, 15) is 4.79 Å². The minimum Gasteiger partial charge on any atom is -0.369 e. The number of benzene rings is 3. The van der Waals surface area contributed by atoms with Crippen molar-refractivity contribution in [3.63, 3.8) is 0 Å². The number of nitrogens with zero attached hydrogens (tertiary/aromatic N) is 6. The summed E-state index contributed by atoms with van der Waals surface area (Å²) < 4.78 is 0. The summed E-state index contributed by atoms with van der Waals surface area (Å²) in [6, 6.07) is 26.0. The van der Waals surface area contributed by atoms with Crippen LogP contribution in [0.2, 0.25) is 0 Å². The fourth-order valence-electron chi connectivity index (χ4n) is 6.50. The first-order valence-electron chi connectivity index (χ1n) is 17.4. The molecule has 250 valence electrons. The van der Waals surface area contributed by atoms with Crippen LogP contribution in [0.4, 0.5) is 34.1 Å². The molecular formula is C40H54N6O. The summed E-state index contributed by atoms with van der Waals surface area (Å²) in [7, 11) is 0. The number of carbonyl (C=O) groups is 1. The summed E-state index contributed by atoms with van der Waals surface area (Å²) in [6.07, 6.45) is 0.154. The fourth-order valence-corrected chi connectivity index (χ4v) is 6.50. The smallest absolute Gasteiger partial charge is 0.183 e. The summed E-state index contributed by atoms with van der Waals surface area (Å²) in [5.74, 6) is -0.341. The average molecular weight is 635 g/mol. The van der Waals surface area contributed by atoms with E-state index in [-0.39, 0.29) is 18.1 Å². The summed E-state index contributed by atoms with van der Waals surface area (Å²) in [5, 5.41) is 0. The number of ketones is 1. The molecule has 1 aliphatic rings. The maximum atomic E-state index is 13.7. The van der Waals surface area contributed by atoms with E-state index < -0.39 is 0 Å². The quantitative estimate of drug-likeness (QED) is 0.199. The van der Waals surface area contributed by atoms with Gasteiger partial charge in [0, 0.05) is 60.7 Å². The Morgan fingerprint density at radius 1 is 0.553 bits per heavy atom. The van der Waals surface area contributed by atoms with Crippen molar-refractivity contribution in [3.8, 4) is 0 Å². The van der Waals surface area contributed by atoms with Crippen molar-refractivity contribution in [1.29, 1.82) is 0 Å². The van der Waals surface area contributed by atoms with Crippen molar-refractivity contribution in [1.82, 2.24) is 0 Å². The number of rotatable bonds is 12. The monoisotopic (exact) mass is 634 g/mol. The zero-order valence-electron chi connectivity index (χ0n) is 30.2. The van der Waals surface area contributed by atoms with Gasteiger partial charge in [0.25, 0.3) is 0 Å². The van der Waals surface area contributed by atoms with Gasteiger partial charge in [-0.15, -0.1) is 0 Å². The molecule has 7 heteroatoms. The number of hydrogen-bond acceptors (Lipinski definition) is 7. The van der Waals surface area contributed by atoms with Gasteiger partial charge in [0.05, 0.1) is 40.6 Å². The molecule has 0 bridgehead atoms. The van der Waals surface area contributed by atoms with E-state index in [4.69, 9.17) is 15.0 Å². The molecule has 1 saturated carbocycles. The Bertz CT molecular complexity index is 1570. The van der Waals surface area contributed by atoms with Gasteiger partial charge >= 0.3 is 0 Å². The highest BCUT2D eigenvalue weighted by Gasteiger charge is 2.34. The Balaban J connectivity index is 1.74. The lowest BCUT2D eigenvalue weighted by Crippen LogP contribution is -2.40. The largest absolute Gasteiger partial charge is 0.369 e. The van der Waals surface area contributed by atoms with Crippen molar-refractivity contribution in [2.24, 2.45) is 20.9 Å². The maximum Gasteiger partial charge on any atom is 0.183 e. The summed E-state index contributed by atoms with van der Waals surface area (Å²) in [5.41, 5.74) is 7.87. The van der Waals surface area contributed by atoms with Gasteiger partial charge in [-0.25, -0.2) is 4.99 Å². The summed E-state index contributed by atoms with van der Waals surface area (Å²) in [6.45, 7) is 24.5. The average Bonchev–Trinajstić information content (AvgIpc) is 3.04. The van der Waals surface area contributed by atoms with Crippen molar-refractivity contribution >= 4 is 57.0 Å². The molecule has 0 aliphatic heterocycles. The Kier molecular flexibility index (Phi) is 12.1. The van der Waals surface area contributed by atoms with Crippen LogP contribution in [0.3, 0.4) is 0 Å². The molecule has 3 aromatic carbocycles. The lowest BCUT2D eigenvalue weighted by atomic mass is 9.83. The third kappa shape index (κ3) is 8.56. The molecule has 0 radical (unpaired) electrons. The fraction of sp³-hybridized carbons (Fsp3) is 0.450. The maximum absolute atomic E-state index is 13.7. The zero-order chi connectivity index (χ0) is 34.2. The predicted octanol–water partition coefficient (Wildman–Crippen LogP) is 9.62. The standard InChI is InChI=1S/C40H54N6O/c1-11-44(27(4)5)34-20-14-31(15-21-34)41-37-26-38(47)40(43-33-18-24-36(25-19-33)46(13-3)29(8)9)30(10)39(37)42-32-16-22-35(23-17-32)45(12-2)28(6)7/h14-25,27-30H,11-13,26H2,1-10H3. The van der Waals surface area contributed by atoms with Gasteiger partial charge in [-0.3, -0.25) is 14.8 Å². The van der Waals surface area contributed by atoms with Crippen LogP contribution in [-0.2, 0) is 4.79 Å². The number of carbonyl (C=O) groups excluding carboxylic acids is 1. The Labute approximate surface area is 283 Å². The predicted molar refractivity (Wildman–Crippen MR) is 204 cm³/mol. The lowest BCUT2D eigenvalue weighted by molar-refractivity contribution is -0.112. The molecular weight excluding hydrogens is 580 g/mol. The third-order valence-corrected chi connectivity index (χ3v) is 8.93. The number of anilines is 3. The zero-order valence-corrected chi connectivity index (χ0v) is 30.2. The molecule has 0 amide bonds. The second-order valence-electron chi connectivity index (χ2n) is 13.1. The normalized spacial score (nSPS) is 17.9. The second kappa shape index (κ2) is 16.0. The molecule has 47 heavy (non-hydrogen) atoms. The van der Waals surface area contributed by atoms with Gasteiger partial charge in [-0.1, -0.05) is 6.92 Å². The van der Waals surface area contributed by atoms with Crippen LogP contribution in [0, 0.1) is 5.92 Å². The first-order chi connectivity index (χ1) is 22.5. The Morgan fingerprint density at radius 2 is 0.872 bits per heavy atom. The van der Waals surface area contributed by atoms with Gasteiger partial charge < -0.3 is 14.7 Å². The molecule has 0 heterocycles. The van der Waals surface area contributed by atoms with Gasteiger partial charge in [0.1, 0.15) is 0 Å². The van der Waals surface area contributed by atoms with Crippen LogP contribution in [0.5, 0.6) is 0 Å². The first kappa shape index (κ1) is 35.6. The van der Waals surface area contributed by atoms with E-state index in [2.05, 4.69) is 126 Å². The van der Waals surface area contributed by atoms with Crippen molar-refractivity contribution in [2.75, 3.05) is 34.3 Å². The van der Waals surface area contributed by atoms with Crippen LogP contribution in [0.15, 0.2) is 87.8 Å². The molecule has 0 aromatic heterocycles. The molecule has 0 N–H and O–H groups in total. The minimum absolute atomic E-state index is 0.0175. The summed E-state index contributed by atoms with van der Waals surface area (Å²) in [4.78, 5) is 35.8. The van der Waals surface area contributed by atoms with Crippen LogP contribution in [-0.4, -0.2) is 60.7 Å². The molecule has 1 atom stereocenters. The van der Waals surface area contributed by atoms with Crippen molar-refractivity contribution < 1.29 is 4.79 Å². The first-order valence-corrected chi connectivity index (χ1v) is 17.4. The van der Waals surface area contributed by atoms with Gasteiger partial charge in [-0.2, -0.15) is 0 Å². The van der Waals surface area contributed by atoms with Crippen LogP contribution >= 0.6 is 0 Å². The van der Waals surface area contributed by atoms with Crippen LogP contribution < -0.4 is 14.7 Å². The van der Waals surface area contributed by atoms with Crippen LogP contribution in [0.25, 0.3) is 0 Å². The molecule has 4 rings (SSSR count).